The van der Waals surface area contributed by atoms with Crippen LogP contribution >= 0.6 is 0 Å². The third-order valence-electron chi connectivity index (χ3n) is 4.64. The number of hydrogen-bond acceptors (Lipinski definition) is 5. The Balaban J connectivity index is 1.58. The van der Waals surface area contributed by atoms with Crippen LogP contribution < -0.4 is 16.4 Å². The number of allylic oxidation sites excluding steroid dienone is 1. The molecule has 0 amide bonds. The minimum absolute atomic E-state index is 0.257. The zero-order chi connectivity index (χ0) is 18.6. The average Bonchev–Trinajstić information content (AvgIpc) is 3.12. The Kier molecular flexibility index (Phi) is 5.52. The van der Waals surface area contributed by atoms with Crippen molar-refractivity contribution in [3.63, 3.8) is 0 Å². The predicted molar refractivity (Wildman–Crippen MR) is 95.3 cm³/mol. The summed E-state index contributed by atoms with van der Waals surface area (Å²) >= 11 is 0. The summed E-state index contributed by atoms with van der Waals surface area (Å²) in [5, 5.41) is 6.25. The molecule has 1 aromatic carbocycles. The molecule has 2 heterocycles. The number of benzene rings is 1. The summed E-state index contributed by atoms with van der Waals surface area (Å²) < 4.78 is 38.8. The molecule has 0 aliphatic carbocycles. The first-order chi connectivity index (χ1) is 12.4. The van der Waals surface area contributed by atoms with Gasteiger partial charge in [0.15, 0.2) is 0 Å². The van der Waals surface area contributed by atoms with Gasteiger partial charge in [0.25, 0.3) is 0 Å². The Bertz CT molecular complexity index is 680. The lowest BCUT2D eigenvalue weighted by molar-refractivity contribution is -0.137. The van der Waals surface area contributed by atoms with Crippen molar-refractivity contribution in [1.82, 2.24) is 15.5 Å². The van der Waals surface area contributed by atoms with E-state index < -0.39 is 17.5 Å². The number of nitrogens with two attached hydrogens (primary N) is 1. The summed E-state index contributed by atoms with van der Waals surface area (Å²) in [5.74, 6) is -0.769. The fraction of sp³-hybridized carbons (Fsp3) is 0.500. The maximum Gasteiger partial charge on any atom is 0.416 e. The van der Waals surface area contributed by atoms with Crippen LogP contribution in [-0.2, 0) is 12.0 Å². The van der Waals surface area contributed by atoms with Gasteiger partial charge in [-0.25, -0.2) is 4.99 Å². The van der Waals surface area contributed by atoms with E-state index in [1.807, 2.05) is 0 Å². The van der Waals surface area contributed by atoms with Crippen LogP contribution in [0.2, 0.25) is 0 Å². The van der Waals surface area contributed by atoms with Crippen molar-refractivity contribution in [2.24, 2.45) is 10.7 Å². The molecule has 0 radical (unpaired) electrons. The summed E-state index contributed by atoms with van der Waals surface area (Å²) in [4.78, 5) is 6.58. The number of likely N-dealkylation sites (tertiary alicyclic amines) is 1. The van der Waals surface area contributed by atoms with E-state index in [0.29, 0.717) is 5.82 Å². The number of nitrogens with one attached hydrogen (secondary N) is 2. The Hall–Kier alpha value is -2.06. The number of aliphatic imine (C=N–C) groups is 1. The first kappa shape index (κ1) is 18.7. The van der Waals surface area contributed by atoms with Gasteiger partial charge in [0.2, 0.25) is 5.79 Å². The molecule has 3 rings (SSSR count). The quantitative estimate of drug-likeness (QED) is 0.676. The molecule has 142 valence electrons. The van der Waals surface area contributed by atoms with Gasteiger partial charge in [-0.15, -0.1) is 0 Å². The molecule has 1 unspecified atom stereocenters. The van der Waals surface area contributed by atoms with Gasteiger partial charge in [-0.1, -0.05) is 12.1 Å². The van der Waals surface area contributed by atoms with Crippen molar-refractivity contribution in [2.75, 3.05) is 26.2 Å². The molecule has 2 aliphatic heterocycles. The standard InChI is InChI=1S/C18H24F3N5/c19-17(20,21)14-5-3-6-15(13-14)18(22)24-9-7-16(25-18)23-8-4-12-26-10-1-2-11-26/h3,5-7,9,13,23,25H,1-2,4,8,10-12,22H2. The van der Waals surface area contributed by atoms with E-state index in [1.54, 1.807) is 6.08 Å². The topological polar surface area (TPSA) is 65.7 Å². The molecule has 0 aromatic heterocycles. The molecular weight excluding hydrogens is 343 g/mol. The minimum atomic E-state index is -4.42. The molecule has 8 heteroatoms. The van der Waals surface area contributed by atoms with Crippen molar-refractivity contribution in [3.8, 4) is 0 Å². The fourth-order valence-electron chi connectivity index (χ4n) is 3.22. The first-order valence-corrected chi connectivity index (χ1v) is 8.83. The number of alkyl halides is 3. The van der Waals surface area contributed by atoms with Gasteiger partial charge in [-0.3, -0.25) is 5.73 Å². The van der Waals surface area contributed by atoms with E-state index in [-0.39, 0.29) is 5.56 Å². The summed E-state index contributed by atoms with van der Waals surface area (Å²) in [5.41, 5.74) is 5.73. The van der Waals surface area contributed by atoms with Crippen LogP contribution in [0, 0.1) is 0 Å². The largest absolute Gasteiger partial charge is 0.416 e. The van der Waals surface area contributed by atoms with Crippen molar-refractivity contribution in [3.05, 3.63) is 47.3 Å². The number of hydrogen-bond donors (Lipinski definition) is 3. The molecule has 1 atom stereocenters. The number of halogens is 3. The van der Waals surface area contributed by atoms with E-state index in [9.17, 15) is 13.2 Å². The normalized spacial score (nSPS) is 23.6. The second kappa shape index (κ2) is 7.67. The Labute approximate surface area is 151 Å². The molecule has 1 fully saturated rings. The van der Waals surface area contributed by atoms with Gasteiger partial charge >= 0.3 is 6.18 Å². The van der Waals surface area contributed by atoms with E-state index >= 15 is 0 Å². The highest BCUT2D eigenvalue weighted by molar-refractivity contribution is 5.73. The van der Waals surface area contributed by atoms with Crippen LogP contribution in [-0.4, -0.2) is 37.3 Å². The Morgan fingerprint density at radius 2 is 2.04 bits per heavy atom. The first-order valence-electron chi connectivity index (χ1n) is 8.83. The van der Waals surface area contributed by atoms with Crippen LogP contribution in [0.3, 0.4) is 0 Å². The van der Waals surface area contributed by atoms with E-state index in [2.05, 4.69) is 20.5 Å². The lowest BCUT2D eigenvalue weighted by Gasteiger charge is -2.32. The molecule has 0 bridgehead atoms. The van der Waals surface area contributed by atoms with E-state index in [1.165, 1.54) is 31.2 Å². The third kappa shape index (κ3) is 4.56. The molecule has 26 heavy (non-hydrogen) atoms. The monoisotopic (exact) mass is 367 g/mol. The fourth-order valence-corrected chi connectivity index (χ4v) is 3.22. The van der Waals surface area contributed by atoms with Crippen LogP contribution in [0.15, 0.2) is 41.2 Å². The highest BCUT2D eigenvalue weighted by atomic mass is 19.4. The highest BCUT2D eigenvalue weighted by Gasteiger charge is 2.34. The maximum atomic E-state index is 12.9. The highest BCUT2D eigenvalue weighted by Crippen LogP contribution is 2.31. The smallest absolute Gasteiger partial charge is 0.372 e. The average molecular weight is 367 g/mol. The molecule has 5 nitrogen and oxygen atoms in total. The van der Waals surface area contributed by atoms with Gasteiger partial charge in [0.05, 0.1) is 5.56 Å². The third-order valence-corrected chi connectivity index (χ3v) is 4.64. The van der Waals surface area contributed by atoms with Gasteiger partial charge < -0.3 is 15.5 Å². The van der Waals surface area contributed by atoms with Gasteiger partial charge in [0, 0.05) is 18.3 Å². The van der Waals surface area contributed by atoms with Crippen molar-refractivity contribution in [2.45, 2.75) is 31.2 Å². The molecule has 1 aromatic rings. The summed E-state index contributed by atoms with van der Waals surface area (Å²) in [7, 11) is 0. The maximum absolute atomic E-state index is 12.9. The molecule has 0 saturated carbocycles. The zero-order valence-electron chi connectivity index (χ0n) is 14.5. The Morgan fingerprint density at radius 3 is 2.77 bits per heavy atom. The van der Waals surface area contributed by atoms with Gasteiger partial charge in [-0.05, 0) is 57.1 Å². The predicted octanol–water partition coefficient (Wildman–Crippen LogP) is 2.37. The minimum Gasteiger partial charge on any atom is -0.372 e. The van der Waals surface area contributed by atoms with Gasteiger partial charge in [0.1, 0.15) is 5.82 Å². The summed E-state index contributed by atoms with van der Waals surface area (Å²) in [6, 6.07) is 4.93. The molecular formula is C18H24F3N5. The number of rotatable bonds is 6. The number of nitrogens with zero attached hydrogens (tertiary/aromatic N) is 2. The van der Waals surface area contributed by atoms with Crippen molar-refractivity contribution < 1.29 is 13.2 Å². The molecule has 1 saturated heterocycles. The lowest BCUT2D eigenvalue weighted by Crippen LogP contribution is -2.52. The second-order valence-electron chi connectivity index (χ2n) is 6.66. The van der Waals surface area contributed by atoms with Crippen LogP contribution in [0.25, 0.3) is 0 Å². The second-order valence-corrected chi connectivity index (χ2v) is 6.66. The zero-order valence-corrected chi connectivity index (χ0v) is 14.5. The molecule has 0 spiro atoms. The Morgan fingerprint density at radius 1 is 1.27 bits per heavy atom. The van der Waals surface area contributed by atoms with Crippen LogP contribution in [0.1, 0.15) is 30.4 Å². The summed E-state index contributed by atoms with van der Waals surface area (Å²) in [6.45, 7) is 4.11. The molecule has 4 N–H and O–H groups in total. The van der Waals surface area contributed by atoms with E-state index in [0.717, 1.165) is 44.7 Å². The van der Waals surface area contributed by atoms with Crippen LogP contribution in [0.5, 0.6) is 0 Å². The van der Waals surface area contributed by atoms with Crippen LogP contribution in [0.4, 0.5) is 13.2 Å². The SMILES string of the molecule is NC1(c2cccc(C(F)(F)F)c2)N=CC=C(NCCCN2CCCC2)N1. The lowest BCUT2D eigenvalue weighted by atomic mass is 10.0. The van der Waals surface area contributed by atoms with Gasteiger partial charge in [-0.2, -0.15) is 13.2 Å². The van der Waals surface area contributed by atoms with Crippen molar-refractivity contribution in [1.29, 1.82) is 0 Å². The van der Waals surface area contributed by atoms with E-state index in [4.69, 9.17) is 5.73 Å². The van der Waals surface area contributed by atoms with Crippen molar-refractivity contribution >= 4 is 6.21 Å². The molecule has 2 aliphatic rings. The summed E-state index contributed by atoms with van der Waals surface area (Å²) in [6.07, 6.45) is 2.34.